The third-order valence-electron chi connectivity index (χ3n) is 7.49. The molecule has 0 saturated carbocycles. The summed E-state index contributed by atoms with van der Waals surface area (Å²) < 4.78 is 26.1. The number of fused-ring (bicyclic) bond motifs is 1. The van der Waals surface area contributed by atoms with Gasteiger partial charge in [-0.2, -0.15) is 0 Å². The number of amides is 1. The molecule has 3 heterocycles. The predicted octanol–water partition coefficient (Wildman–Crippen LogP) is 4.80. The molecule has 1 aliphatic rings. The highest BCUT2D eigenvalue weighted by Gasteiger charge is 2.27. The molecule has 208 valence electrons. The van der Waals surface area contributed by atoms with Crippen LogP contribution in [0.15, 0.2) is 73.2 Å². The number of aromatic nitrogens is 2. The van der Waals surface area contributed by atoms with Gasteiger partial charge in [-0.15, -0.1) is 0 Å². The zero-order valence-electron chi connectivity index (χ0n) is 22.9. The largest absolute Gasteiger partial charge is 0.382 e. The Bertz CT molecular complexity index is 1580. The van der Waals surface area contributed by atoms with Crippen LogP contribution in [0.5, 0.6) is 0 Å². The Kier molecular flexibility index (Phi) is 8.42. The summed E-state index contributed by atoms with van der Waals surface area (Å²) in [6, 6.07) is 18.6. The van der Waals surface area contributed by atoms with Gasteiger partial charge in [-0.3, -0.25) is 14.8 Å². The Morgan fingerprint density at radius 1 is 1.00 bits per heavy atom. The van der Waals surface area contributed by atoms with Crippen LogP contribution in [0.3, 0.4) is 0 Å². The number of anilines is 1. The standard InChI is InChI=1S/C31H35N5O3S/c1-3-40(38,39)36-16-12-28(13-17-36)35-30-19-27(18-25-11-14-32-21-29(25)30)24-8-5-23(6-9-24)10-15-33-31(37)26-7-4-22(2)34-20-26/h4-9,11,14,18-21,28,35H,3,10,12-13,15-17H2,1-2H3,(H,33,37). The van der Waals surface area contributed by atoms with E-state index in [2.05, 4.69) is 57.0 Å². The van der Waals surface area contributed by atoms with Crippen LogP contribution in [-0.4, -0.2) is 60.0 Å². The lowest BCUT2D eigenvalue weighted by atomic mass is 9.98. The van der Waals surface area contributed by atoms with E-state index in [0.717, 1.165) is 58.1 Å². The summed E-state index contributed by atoms with van der Waals surface area (Å²) in [5, 5.41) is 8.79. The van der Waals surface area contributed by atoms with Crippen LogP contribution in [-0.2, 0) is 16.4 Å². The molecule has 0 radical (unpaired) electrons. The summed E-state index contributed by atoms with van der Waals surface area (Å²) in [6.07, 6.45) is 7.53. The van der Waals surface area contributed by atoms with Crippen molar-refractivity contribution < 1.29 is 13.2 Å². The first-order valence-electron chi connectivity index (χ1n) is 13.7. The molecule has 1 amide bonds. The second-order valence-corrected chi connectivity index (χ2v) is 12.5. The lowest BCUT2D eigenvalue weighted by Gasteiger charge is -2.32. The Morgan fingerprint density at radius 2 is 1.77 bits per heavy atom. The van der Waals surface area contributed by atoms with Gasteiger partial charge in [0.1, 0.15) is 0 Å². The van der Waals surface area contributed by atoms with Gasteiger partial charge in [-0.05, 0) is 85.5 Å². The van der Waals surface area contributed by atoms with E-state index in [4.69, 9.17) is 0 Å². The normalized spacial score (nSPS) is 14.8. The molecular weight excluding hydrogens is 522 g/mol. The Labute approximate surface area is 235 Å². The molecule has 0 spiro atoms. The number of carbonyl (C=O) groups excluding carboxylic acids is 1. The van der Waals surface area contributed by atoms with Gasteiger partial charge in [0, 0.05) is 61.0 Å². The number of pyridine rings is 2. The SMILES string of the molecule is CCS(=O)(=O)N1CCC(Nc2cc(-c3ccc(CCNC(=O)c4ccc(C)nc4)cc3)cc3ccncc23)CC1. The molecule has 1 aliphatic heterocycles. The monoisotopic (exact) mass is 557 g/mol. The predicted molar refractivity (Wildman–Crippen MR) is 160 cm³/mol. The maximum Gasteiger partial charge on any atom is 0.252 e. The molecule has 0 aliphatic carbocycles. The molecular formula is C31H35N5O3S. The van der Waals surface area contributed by atoms with Gasteiger partial charge in [-0.25, -0.2) is 12.7 Å². The second kappa shape index (κ2) is 12.1. The number of sulfonamides is 1. The number of nitrogens with one attached hydrogen (secondary N) is 2. The lowest BCUT2D eigenvalue weighted by molar-refractivity contribution is 0.0953. The number of rotatable bonds is 9. The fourth-order valence-electron chi connectivity index (χ4n) is 5.05. The van der Waals surface area contributed by atoms with Crippen LogP contribution < -0.4 is 10.6 Å². The van der Waals surface area contributed by atoms with E-state index >= 15 is 0 Å². The van der Waals surface area contributed by atoms with E-state index in [1.54, 1.807) is 29.7 Å². The number of aryl methyl sites for hydroxylation is 1. The first kappa shape index (κ1) is 27.7. The number of hydrogen-bond donors (Lipinski definition) is 2. The summed E-state index contributed by atoms with van der Waals surface area (Å²) in [7, 11) is -3.15. The van der Waals surface area contributed by atoms with E-state index in [0.29, 0.717) is 25.2 Å². The van der Waals surface area contributed by atoms with Gasteiger partial charge in [0.15, 0.2) is 0 Å². The first-order valence-corrected chi connectivity index (χ1v) is 15.4. The van der Waals surface area contributed by atoms with Gasteiger partial charge in [0.25, 0.3) is 5.91 Å². The third-order valence-corrected chi connectivity index (χ3v) is 9.37. The Hall–Kier alpha value is -3.82. The maximum absolute atomic E-state index is 12.4. The Balaban J connectivity index is 1.26. The van der Waals surface area contributed by atoms with E-state index in [1.165, 1.54) is 0 Å². The topological polar surface area (TPSA) is 104 Å². The van der Waals surface area contributed by atoms with E-state index in [1.807, 2.05) is 25.3 Å². The first-order chi connectivity index (χ1) is 19.3. The van der Waals surface area contributed by atoms with Crippen LogP contribution in [0, 0.1) is 6.92 Å². The summed E-state index contributed by atoms with van der Waals surface area (Å²) in [5.74, 6) is 0.0228. The van der Waals surface area contributed by atoms with Crippen LogP contribution >= 0.6 is 0 Å². The fourth-order valence-corrected chi connectivity index (χ4v) is 6.19. The minimum atomic E-state index is -3.15. The molecule has 4 aromatic rings. The van der Waals surface area contributed by atoms with Crippen molar-refractivity contribution in [1.82, 2.24) is 19.6 Å². The van der Waals surface area contributed by atoms with Crippen LogP contribution in [0.1, 0.15) is 41.4 Å². The second-order valence-electron chi connectivity index (χ2n) is 10.2. The highest BCUT2D eigenvalue weighted by Crippen LogP contribution is 2.32. The number of nitrogens with zero attached hydrogens (tertiary/aromatic N) is 3. The van der Waals surface area contributed by atoms with Crippen molar-refractivity contribution >= 4 is 32.4 Å². The van der Waals surface area contributed by atoms with Crippen molar-refractivity contribution in [3.8, 4) is 11.1 Å². The maximum atomic E-state index is 12.4. The molecule has 5 rings (SSSR count). The van der Waals surface area contributed by atoms with Crippen molar-refractivity contribution in [3.05, 3.63) is 90.0 Å². The summed E-state index contributed by atoms with van der Waals surface area (Å²) in [6.45, 7) is 5.20. The molecule has 0 bridgehead atoms. The van der Waals surface area contributed by atoms with Crippen LogP contribution in [0.2, 0.25) is 0 Å². The number of benzene rings is 2. The van der Waals surface area contributed by atoms with Crippen LogP contribution in [0.25, 0.3) is 21.9 Å². The van der Waals surface area contributed by atoms with Gasteiger partial charge in [0.2, 0.25) is 10.0 Å². The van der Waals surface area contributed by atoms with Crippen molar-refractivity contribution in [3.63, 3.8) is 0 Å². The smallest absolute Gasteiger partial charge is 0.252 e. The summed E-state index contributed by atoms with van der Waals surface area (Å²) in [4.78, 5) is 20.9. The molecule has 2 aromatic heterocycles. The van der Waals surface area contributed by atoms with Crippen molar-refractivity contribution in [2.75, 3.05) is 30.7 Å². The summed E-state index contributed by atoms with van der Waals surface area (Å²) >= 11 is 0. The molecule has 0 atom stereocenters. The number of hydrogen-bond acceptors (Lipinski definition) is 6. The van der Waals surface area contributed by atoms with Crippen molar-refractivity contribution in [2.45, 2.75) is 39.2 Å². The number of carbonyl (C=O) groups is 1. The number of piperidine rings is 1. The minimum absolute atomic E-state index is 0.118. The molecule has 0 unspecified atom stereocenters. The average molecular weight is 558 g/mol. The Morgan fingerprint density at radius 3 is 2.48 bits per heavy atom. The molecule has 2 N–H and O–H groups in total. The van der Waals surface area contributed by atoms with Gasteiger partial charge < -0.3 is 10.6 Å². The van der Waals surface area contributed by atoms with E-state index < -0.39 is 10.0 Å². The van der Waals surface area contributed by atoms with E-state index in [-0.39, 0.29) is 17.7 Å². The van der Waals surface area contributed by atoms with Crippen LogP contribution in [0.4, 0.5) is 5.69 Å². The lowest BCUT2D eigenvalue weighted by Crippen LogP contribution is -2.42. The quantitative estimate of drug-likeness (QED) is 0.306. The highest BCUT2D eigenvalue weighted by molar-refractivity contribution is 7.89. The van der Waals surface area contributed by atoms with Gasteiger partial charge >= 0.3 is 0 Å². The highest BCUT2D eigenvalue weighted by atomic mass is 32.2. The molecule has 1 fully saturated rings. The van der Waals surface area contributed by atoms with Gasteiger partial charge in [-0.1, -0.05) is 24.3 Å². The van der Waals surface area contributed by atoms with E-state index in [9.17, 15) is 13.2 Å². The third kappa shape index (κ3) is 6.48. The molecule has 9 heteroatoms. The molecule has 2 aromatic carbocycles. The molecule has 1 saturated heterocycles. The average Bonchev–Trinajstić information content (AvgIpc) is 2.98. The zero-order valence-corrected chi connectivity index (χ0v) is 23.7. The molecule has 8 nitrogen and oxygen atoms in total. The summed E-state index contributed by atoms with van der Waals surface area (Å²) in [5.41, 5.74) is 5.79. The fraction of sp³-hybridized carbons (Fsp3) is 0.323. The zero-order chi connectivity index (χ0) is 28.1. The van der Waals surface area contributed by atoms with Crippen molar-refractivity contribution in [2.24, 2.45) is 0 Å². The minimum Gasteiger partial charge on any atom is -0.382 e. The molecule has 40 heavy (non-hydrogen) atoms. The van der Waals surface area contributed by atoms with Gasteiger partial charge in [0.05, 0.1) is 11.3 Å². The van der Waals surface area contributed by atoms with Crippen molar-refractivity contribution in [1.29, 1.82) is 0 Å².